The molecule has 118 valence electrons. The second kappa shape index (κ2) is 8.59. The monoisotopic (exact) mass is 318 g/mol. The molecule has 0 saturated heterocycles. The molecule has 0 fully saturated rings. The van der Waals surface area contributed by atoms with Crippen molar-refractivity contribution >= 4 is 23.2 Å². The van der Waals surface area contributed by atoms with Crippen LogP contribution in [0.1, 0.15) is 32.3 Å². The normalized spacial score (nSPS) is 10.5. The zero-order valence-electron chi connectivity index (χ0n) is 13.2. The molecule has 0 aliphatic heterocycles. The lowest BCUT2D eigenvalue weighted by molar-refractivity contribution is 0.732. The third-order valence-electron chi connectivity index (χ3n) is 3.35. The van der Waals surface area contributed by atoms with Crippen LogP contribution < -0.4 is 10.2 Å². The molecule has 0 atom stereocenters. The van der Waals surface area contributed by atoms with Crippen LogP contribution in [0.15, 0.2) is 36.7 Å². The zero-order chi connectivity index (χ0) is 15.8. The van der Waals surface area contributed by atoms with Gasteiger partial charge in [0.2, 0.25) is 0 Å². The molecule has 1 heterocycles. The third kappa shape index (κ3) is 4.88. The Labute approximate surface area is 137 Å². The molecule has 4 nitrogen and oxygen atoms in total. The molecular formula is C17H23ClN4. The maximum absolute atomic E-state index is 5.90. The number of anilines is 2. The minimum Gasteiger partial charge on any atom is -0.366 e. The summed E-state index contributed by atoms with van der Waals surface area (Å²) in [7, 11) is 0. The fourth-order valence-corrected chi connectivity index (χ4v) is 2.42. The quantitative estimate of drug-likeness (QED) is 0.784. The third-order valence-corrected chi connectivity index (χ3v) is 3.60. The Balaban J connectivity index is 2.02. The summed E-state index contributed by atoms with van der Waals surface area (Å²) in [5, 5.41) is 4.09. The average molecular weight is 319 g/mol. The standard InChI is InChI=1S/C17H23ClN4/c1-3-9-22(10-4-2)17-11-16(20-13-21-17)19-12-14-5-7-15(18)8-6-14/h5-8,11,13H,3-4,9-10,12H2,1-2H3,(H,19,20,21). The minimum absolute atomic E-state index is 0.717. The molecule has 1 aromatic heterocycles. The van der Waals surface area contributed by atoms with Crippen molar-refractivity contribution in [3.63, 3.8) is 0 Å². The van der Waals surface area contributed by atoms with Crippen molar-refractivity contribution in [2.45, 2.75) is 33.2 Å². The molecule has 1 aromatic carbocycles. The topological polar surface area (TPSA) is 41.0 Å². The van der Waals surface area contributed by atoms with Crippen LogP contribution in [0.25, 0.3) is 0 Å². The average Bonchev–Trinajstić information content (AvgIpc) is 2.54. The maximum Gasteiger partial charge on any atom is 0.134 e. The first-order valence-electron chi connectivity index (χ1n) is 7.78. The number of aromatic nitrogens is 2. The largest absolute Gasteiger partial charge is 0.366 e. The molecule has 0 bridgehead atoms. The van der Waals surface area contributed by atoms with Crippen LogP contribution in [0.5, 0.6) is 0 Å². The number of hydrogen-bond acceptors (Lipinski definition) is 4. The summed E-state index contributed by atoms with van der Waals surface area (Å²) in [5.41, 5.74) is 1.17. The molecule has 1 N–H and O–H groups in total. The first-order chi connectivity index (χ1) is 10.7. The predicted octanol–water partition coefficient (Wildman–Crippen LogP) is 4.37. The van der Waals surface area contributed by atoms with E-state index in [1.54, 1.807) is 6.33 Å². The van der Waals surface area contributed by atoms with Gasteiger partial charge in [0.05, 0.1) is 0 Å². The van der Waals surface area contributed by atoms with E-state index >= 15 is 0 Å². The molecule has 0 spiro atoms. The Morgan fingerprint density at radius 1 is 1.05 bits per heavy atom. The molecule has 0 unspecified atom stereocenters. The predicted molar refractivity (Wildman–Crippen MR) is 93.6 cm³/mol. The Bertz CT molecular complexity index is 565. The van der Waals surface area contributed by atoms with E-state index in [1.807, 2.05) is 30.3 Å². The molecule has 0 amide bonds. The van der Waals surface area contributed by atoms with Gasteiger partial charge < -0.3 is 10.2 Å². The van der Waals surface area contributed by atoms with E-state index in [1.165, 1.54) is 5.56 Å². The lowest BCUT2D eigenvalue weighted by atomic mass is 10.2. The van der Waals surface area contributed by atoms with Crippen LogP contribution >= 0.6 is 11.6 Å². The molecule has 22 heavy (non-hydrogen) atoms. The van der Waals surface area contributed by atoms with E-state index in [0.29, 0.717) is 0 Å². The number of nitrogens with zero attached hydrogens (tertiary/aromatic N) is 3. The highest BCUT2D eigenvalue weighted by atomic mass is 35.5. The second-order valence-corrected chi connectivity index (χ2v) is 5.66. The number of nitrogens with one attached hydrogen (secondary N) is 1. The molecule has 0 saturated carbocycles. The Kier molecular flexibility index (Phi) is 6.46. The summed E-state index contributed by atoms with van der Waals surface area (Å²) in [4.78, 5) is 11.0. The van der Waals surface area contributed by atoms with Gasteiger partial charge in [-0.05, 0) is 30.5 Å². The highest BCUT2D eigenvalue weighted by molar-refractivity contribution is 6.30. The first-order valence-corrected chi connectivity index (χ1v) is 8.16. The minimum atomic E-state index is 0.717. The van der Waals surface area contributed by atoms with Crippen molar-refractivity contribution in [1.29, 1.82) is 0 Å². The Morgan fingerprint density at radius 3 is 2.36 bits per heavy atom. The molecule has 2 rings (SSSR count). The lowest BCUT2D eigenvalue weighted by Gasteiger charge is -2.22. The number of benzene rings is 1. The lowest BCUT2D eigenvalue weighted by Crippen LogP contribution is -2.26. The molecule has 0 aliphatic carbocycles. The van der Waals surface area contributed by atoms with Gasteiger partial charge in [0.1, 0.15) is 18.0 Å². The van der Waals surface area contributed by atoms with Crippen LogP contribution in [0.2, 0.25) is 5.02 Å². The van der Waals surface area contributed by atoms with E-state index in [0.717, 1.165) is 49.1 Å². The van der Waals surface area contributed by atoms with Crippen molar-refractivity contribution < 1.29 is 0 Å². The smallest absolute Gasteiger partial charge is 0.134 e. The Morgan fingerprint density at radius 2 is 1.73 bits per heavy atom. The van der Waals surface area contributed by atoms with Crippen molar-refractivity contribution in [2.75, 3.05) is 23.3 Å². The first kappa shape index (κ1) is 16.6. The summed E-state index contributed by atoms with van der Waals surface area (Å²) in [5.74, 6) is 1.83. The zero-order valence-corrected chi connectivity index (χ0v) is 14.0. The highest BCUT2D eigenvalue weighted by Crippen LogP contribution is 2.16. The summed E-state index contributed by atoms with van der Waals surface area (Å²) in [6.45, 7) is 7.12. The van der Waals surface area contributed by atoms with Gasteiger partial charge in [-0.15, -0.1) is 0 Å². The van der Waals surface area contributed by atoms with Crippen LogP contribution in [0.4, 0.5) is 11.6 Å². The van der Waals surface area contributed by atoms with Gasteiger partial charge in [-0.1, -0.05) is 37.6 Å². The van der Waals surface area contributed by atoms with E-state index in [-0.39, 0.29) is 0 Å². The van der Waals surface area contributed by atoms with Crippen molar-refractivity contribution in [3.05, 3.63) is 47.2 Å². The summed E-state index contributed by atoms with van der Waals surface area (Å²) in [6, 6.07) is 9.83. The Hall–Kier alpha value is -1.81. The van der Waals surface area contributed by atoms with Crippen molar-refractivity contribution in [3.8, 4) is 0 Å². The van der Waals surface area contributed by atoms with Gasteiger partial charge in [-0.2, -0.15) is 0 Å². The van der Waals surface area contributed by atoms with Gasteiger partial charge in [0.15, 0.2) is 0 Å². The van der Waals surface area contributed by atoms with Crippen LogP contribution in [-0.4, -0.2) is 23.1 Å². The molecule has 0 aliphatic rings. The molecular weight excluding hydrogens is 296 g/mol. The van der Waals surface area contributed by atoms with E-state index < -0.39 is 0 Å². The van der Waals surface area contributed by atoms with Crippen molar-refractivity contribution in [1.82, 2.24) is 9.97 Å². The van der Waals surface area contributed by atoms with Gasteiger partial charge in [0, 0.05) is 30.7 Å². The van der Waals surface area contributed by atoms with Gasteiger partial charge in [-0.3, -0.25) is 0 Å². The summed E-state index contributed by atoms with van der Waals surface area (Å²) < 4.78 is 0. The summed E-state index contributed by atoms with van der Waals surface area (Å²) >= 11 is 5.90. The SMILES string of the molecule is CCCN(CCC)c1cc(NCc2ccc(Cl)cc2)ncn1. The fraction of sp³-hybridized carbons (Fsp3) is 0.412. The van der Waals surface area contributed by atoms with Crippen LogP contribution in [0.3, 0.4) is 0 Å². The van der Waals surface area contributed by atoms with Gasteiger partial charge in [-0.25, -0.2) is 9.97 Å². The molecule has 2 aromatic rings. The van der Waals surface area contributed by atoms with E-state index in [9.17, 15) is 0 Å². The molecule has 5 heteroatoms. The fourth-order valence-electron chi connectivity index (χ4n) is 2.29. The molecule has 0 radical (unpaired) electrons. The second-order valence-electron chi connectivity index (χ2n) is 5.23. The number of halogens is 1. The summed E-state index contributed by atoms with van der Waals surface area (Å²) in [6.07, 6.45) is 3.84. The van der Waals surface area contributed by atoms with Gasteiger partial charge in [0.25, 0.3) is 0 Å². The number of rotatable bonds is 8. The number of hydrogen-bond donors (Lipinski definition) is 1. The van der Waals surface area contributed by atoms with Crippen LogP contribution in [-0.2, 0) is 6.54 Å². The van der Waals surface area contributed by atoms with Crippen LogP contribution in [0, 0.1) is 0 Å². The van der Waals surface area contributed by atoms with E-state index in [4.69, 9.17) is 11.6 Å². The van der Waals surface area contributed by atoms with E-state index in [2.05, 4.69) is 34.0 Å². The van der Waals surface area contributed by atoms with Crippen molar-refractivity contribution in [2.24, 2.45) is 0 Å². The highest BCUT2D eigenvalue weighted by Gasteiger charge is 2.07. The maximum atomic E-state index is 5.90. The van der Waals surface area contributed by atoms with Gasteiger partial charge >= 0.3 is 0 Å².